The van der Waals surface area contributed by atoms with Crippen LogP contribution in [0.3, 0.4) is 0 Å². The monoisotopic (exact) mass is 439 g/mol. The molecular weight excluding hydrogens is 406 g/mol. The highest BCUT2D eigenvalue weighted by Gasteiger charge is 2.30. The summed E-state index contributed by atoms with van der Waals surface area (Å²) in [5, 5.41) is 13.6. The number of thiophene rings is 1. The highest BCUT2D eigenvalue weighted by Crippen LogP contribution is 2.39. The number of β-amino-alcohol motifs (C(OH)–C–C–N with tert-alkyl or cyclic N) is 1. The lowest BCUT2D eigenvalue weighted by molar-refractivity contribution is 0.0307. The van der Waals surface area contributed by atoms with E-state index in [1.807, 2.05) is 13.8 Å². The fourth-order valence-corrected chi connectivity index (χ4v) is 5.36. The Morgan fingerprint density at radius 1 is 1.16 bits per heavy atom. The lowest BCUT2D eigenvalue weighted by atomic mass is 10.0. The first-order valence-electron chi connectivity index (χ1n) is 10.9. The maximum Gasteiger partial charge on any atom is 0.146 e. The molecule has 1 aromatic carbocycles. The second-order valence-electron chi connectivity index (χ2n) is 9.49. The summed E-state index contributed by atoms with van der Waals surface area (Å²) in [6.07, 6.45) is 0. The molecule has 3 aromatic rings. The van der Waals surface area contributed by atoms with E-state index in [-0.39, 0.29) is 0 Å². The lowest BCUT2D eigenvalue weighted by Crippen LogP contribution is -2.55. The fourth-order valence-electron chi connectivity index (χ4n) is 4.40. The van der Waals surface area contributed by atoms with Gasteiger partial charge < -0.3 is 14.9 Å². The van der Waals surface area contributed by atoms with E-state index in [2.05, 4.69) is 71.4 Å². The number of fused-ring (bicyclic) bond motifs is 1. The van der Waals surface area contributed by atoms with Crippen molar-refractivity contribution in [3.63, 3.8) is 0 Å². The minimum atomic E-state index is -0.684. The van der Waals surface area contributed by atoms with E-state index in [1.54, 1.807) is 11.3 Å². The molecule has 4 rings (SSSR count). The van der Waals surface area contributed by atoms with Crippen LogP contribution in [0.15, 0.2) is 35.7 Å². The summed E-state index contributed by atoms with van der Waals surface area (Å²) >= 11 is 1.70. The average Bonchev–Trinajstić information content (AvgIpc) is 3.10. The van der Waals surface area contributed by atoms with Crippen LogP contribution in [-0.2, 0) is 6.54 Å². The Kier molecular flexibility index (Phi) is 6.30. The zero-order valence-corrected chi connectivity index (χ0v) is 20.0. The predicted octanol–water partition coefficient (Wildman–Crippen LogP) is 3.70. The maximum absolute atomic E-state index is 10.3. The average molecular weight is 440 g/mol. The number of aliphatic hydroxyl groups is 1. The van der Waals surface area contributed by atoms with E-state index in [1.165, 1.54) is 11.1 Å². The molecule has 0 amide bonds. The number of anilines is 1. The summed E-state index contributed by atoms with van der Waals surface area (Å²) in [6, 6.07) is 10.8. The summed E-state index contributed by atoms with van der Waals surface area (Å²) in [6.45, 7) is 10.1. The van der Waals surface area contributed by atoms with Crippen LogP contribution in [0.1, 0.15) is 26.6 Å². The summed E-state index contributed by atoms with van der Waals surface area (Å²) in [4.78, 5) is 17.9. The van der Waals surface area contributed by atoms with Crippen LogP contribution in [-0.4, -0.2) is 76.8 Å². The van der Waals surface area contributed by atoms with Crippen molar-refractivity contribution < 1.29 is 5.11 Å². The molecule has 0 radical (unpaired) electrons. The van der Waals surface area contributed by atoms with Gasteiger partial charge in [0, 0.05) is 43.2 Å². The zero-order valence-electron chi connectivity index (χ0n) is 19.2. The zero-order chi connectivity index (χ0) is 22.2. The third-order valence-corrected chi connectivity index (χ3v) is 6.47. The van der Waals surface area contributed by atoms with E-state index in [9.17, 15) is 5.11 Å². The van der Waals surface area contributed by atoms with E-state index in [0.29, 0.717) is 19.1 Å². The Bertz CT molecular complexity index is 1030. The molecule has 2 aromatic heterocycles. The van der Waals surface area contributed by atoms with E-state index in [4.69, 9.17) is 9.97 Å². The van der Waals surface area contributed by atoms with Crippen LogP contribution in [0.4, 0.5) is 5.82 Å². The number of nitrogens with zero attached hydrogens (tertiary/aromatic N) is 5. The first kappa shape index (κ1) is 22.1. The van der Waals surface area contributed by atoms with Crippen molar-refractivity contribution in [1.29, 1.82) is 0 Å². The minimum absolute atomic E-state index is 0.296. The lowest BCUT2D eigenvalue weighted by Gasteiger charge is -2.42. The standard InChI is InChI=1S/C24H33N5OS/c1-17-13-28(16-24(2,3)30)11-12-29(17)22-21-19(18-9-7-6-8-10-18)15-31-23(21)26-20(25-22)14-27(4)5/h6-10,15,17,30H,11-14,16H2,1-5H3. The topological polar surface area (TPSA) is 55.7 Å². The number of benzene rings is 1. The molecule has 1 aliphatic heterocycles. The predicted molar refractivity (Wildman–Crippen MR) is 130 cm³/mol. The van der Waals surface area contributed by atoms with Gasteiger partial charge in [0.2, 0.25) is 0 Å². The Morgan fingerprint density at radius 2 is 1.90 bits per heavy atom. The minimum Gasteiger partial charge on any atom is -0.389 e. The van der Waals surface area contributed by atoms with Gasteiger partial charge in [-0.3, -0.25) is 4.90 Å². The summed E-state index contributed by atoms with van der Waals surface area (Å²) in [5.74, 6) is 1.90. The van der Waals surface area contributed by atoms with Gasteiger partial charge in [-0.1, -0.05) is 30.3 Å². The molecule has 1 N–H and O–H groups in total. The normalized spacial score (nSPS) is 18.3. The Morgan fingerprint density at radius 3 is 2.55 bits per heavy atom. The molecule has 6 nitrogen and oxygen atoms in total. The van der Waals surface area contributed by atoms with Crippen LogP contribution in [0, 0.1) is 0 Å². The van der Waals surface area contributed by atoms with Crippen LogP contribution >= 0.6 is 11.3 Å². The van der Waals surface area contributed by atoms with E-state index < -0.39 is 5.60 Å². The molecule has 1 atom stereocenters. The first-order chi connectivity index (χ1) is 14.7. The van der Waals surface area contributed by atoms with Crippen molar-refractivity contribution in [2.24, 2.45) is 0 Å². The maximum atomic E-state index is 10.3. The molecular formula is C24H33N5OS. The second-order valence-corrected chi connectivity index (χ2v) is 10.3. The van der Waals surface area contributed by atoms with E-state index in [0.717, 1.165) is 41.5 Å². The fraction of sp³-hybridized carbons (Fsp3) is 0.500. The molecule has 0 saturated carbocycles. The van der Waals surface area contributed by atoms with Crippen LogP contribution in [0.5, 0.6) is 0 Å². The number of hydrogen-bond acceptors (Lipinski definition) is 7. The molecule has 1 fully saturated rings. The smallest absolute Gasteiger partial charge is 0.146 e. The van der Waals surface area contributed by atoms with Crippen molar-refractivity contribution in [3.8, 4) is 11.1 Å². The molecule has 1 aliphatic rings. The number of piperazine rings is 1. The van der Waals surface area contributed by atoms with Gasteiger partial charge >= 0.3 is 0 Å². The first-order valence-corrected chi connectivity index (χ1v) is 11.8. The van der Waals surface area contributed by atoms with Gasteiger partial charge in [-0.2, -0.15) is 0 Å². The SMILES string of the molecule is CC1CN(CC(C)(C)O)CCN1c1nc(CN(C)C)nc2scc(-c3ccccc3)c12. The molecule has 0 aliphatic carbocycles. The van der Waals surface area contributed by atoms with Gasteiger partial charge in [0.15, 0.2) is 0 Å². The molecule has 1 saturated heterocycles. The van der Waals surface area contributed by atoms with Gasteiger partial charge in [0.1, 0.15) is 16.5 Å². The largest absolute Gasteiger partial charge is 0.389 e. The molecule has 0 spiro atoms. The molecule has 166 valence electrons. The van der Waals surface area contributed by atoms with Crippen LogP contribution in [0.2, 0.25) is 0 Å². The second kappa shape index (κ2) is 8.82. The third-order valence-electron chi connectivity index (χ3n) is 5.60. The quantitative estimate of drug-likeness (QED) is 0.632. The van der Waals surface area contributed by atoms with Crippen molar-refractivity contribution in [3.05, 3.63) is 41.5 Å². The molecule has 3 heterocycles. The third kappa shape index (κ3) is 5.06. The Hall–Kier alpha value is -2.06. The van der Waals surface area contributed by atoms with Crippen LogP contribution < -0.4 is 4.90 Å². The summed E-state index contributed by atoms with van der Waals surface area (Å²) in [5.41, 5.74) is 1.72. The van der Waals surface area contributed by atoms with Gasteiger partial charge in [0.05, 0.1) is 17.5 Å². The number of hydrogen-bond donors (Lipinski definition) is 1. The van der Waals surface area contributed by atoms with Crippen molar-refractivity contribution in [2.75, 3.05) is 45.2 Å². The van der Waals surface area contributed by atoms with E-state index >= 15 is 0 Å². The van der Waals surface area contributed by atoms with Gasteiger partial charge in [0.25, 0.3) is 0 Å². The summed E-state index contributed by atoms with van der Waals surface area (Å²) < 4.78 is 0. The molecule has 0 bridgehead atoms. The van der Waals surface area contributed by atoms with Crippen molar-refractivity contribution in [1.82, 2.24) is 19.8 Å². The van der Waals surface area contributed by atoms with Crippen LogP contribution in [0.25, 0.3) is 21.3 Å². The number of rotatable bonds is 6. The van der Waals surface area contributed by atoms with Crippen molar-refractivity contribution >= 4 is 27.4 Å². The molecule has 7 heteroatoms. The summed E-state index contributed by atoms with van der Waals surface area (Å²) in [7, 11) is 4.10. The highest BCUT2D eigenvalue weighted by atomic mass is 32.1. The molecule has 1 unspecified atom stereocenters. The van der Waals surface area contributed by atoms with Crippen molar-refractivity contribution in [2.45, 2.75) is 39.0 Å². The highest BCUT2D eigenvalue weighted by molar-refractivity contribution is 7.17. The number of aromatic nitrogens is 2. The molecule has 31 heavy (non-hydrogen) atoms. The van der Waals surface area contributed by atoms with Gasteiger partial charge in [-0.25, -0.2) is 9.97 Å². The Labute approximate surface area is 189 Å². The Balaban J connectivity index is 1.75. The van der Waals surface area contributed by atoms with Gasteiger partial charge in [-0.05, 0) is 40.4 Å². The van der Waals surface area contributed by atoms with Gasteiger partial charge in [-0.15, -0.1) is 11.3 Å².